The Hall–Kier alpha value is -0.0300. The number of amides is 1. The van der Waals surface area contributed by atoms with E-state index in [0.717, 1.165) is 32.2 Å². The number of nitrogens with zero attached hydrogens (tertiary/aromatic N) is 1. The van der Waals surface area contributed by atoms with Gasteiger partial charge in [-0.2, -0.15) is 0 Å². The summed E-state index contributed by atoms with van der Waals surface area (Å²) in [7, 11) is 0. The van der Waals surface area contributed by atoms with E-state index in [9.17, 15) is 4.79 Å². The molecule has 0 bridgehead atoms. The van der Waals surface area contributed by atoms with Crippen molar-refractivity contribution in [2.75, 3.05) is 13.1 Å². The van der Waals surface area contributed by atoms with Gasteiger partial charge >= 0.3 is 0 Å². The number of rotatable bonds is 2. The summed E-state index contributed by atoms with van der Waals surface area (Å²) in [6.45, 7) is 3.66. The van der Waals surface area contributed by atoms with E-state index in [1.807, 2.05) is 4.90 Å². The third kappa shape index (κ3) is 5.27. The van der Waals surface area contributed by atoms with Gasteiger partial charge in [0.2, 0.25) is 5.91 Å². The van der Waals surface area contributed by atoms with Gasteiger partial charge in [0.25, 0.3) is 0 Å². The summed E-state index contributed by atoms with van der Waals surface area (Å²) in [4.78, 5) is 14.8. The van der Waals surface area contributed by atoms with Crippen molar-refractivity contribution in [1.82, 2.24) is 4.90 Å². The lowest BCUT2D eigenvalue weighted by molar-refractivity contribution is -0.137. The number of hydrogen-bond acceptors (Lipinski definition) is 3. The van der Waals surface area contributed by atoms with Crippen LogP contribution in [0.15, 0.2) is 0 Å². The Morgan fingerprint density at radius 3 is 2.33 bits per heavy atom. The third-order valence-electron chi connectivity index (χ3n) is 4.91. The molecule has 0 aromatic rings. The molecule has 4 N–H and O–H groups in total. The highest BCUT2D eigenvalue weighted by molar-refractivity contribution is 5.85. The standard InChI is InChI=1S/C15H29N3O.2ClH/c1-11-8-12(9-16)10-18(11)15(19)13-6-4-2-3-5-7-14(13)17;;/h11-14H,2-10,16-17H2,1H3;2*1H. The molecule has 126 valence electrons. The van der Waals surface area contributed by atoms with Gasteiger partial charge in [-0.15, -0.1) is 24.8 Å². The molecular weight excluding hydrogens is 309 g/mol. The van der Waals surface area contributed by atoms with E-state index < -0.39 is 0 Å². The number of halogens is 2. The minimum absolute atomic E-state index is 0. The van der Waals surface area contributed by atoms with Crippen LogP contribution in [0.2, 0.25) is 0 Å². The zero-order chi connectivity index (χ0) is 13.8. The fourth-order valence-corrected chi connectivity index (χ4v) is 3.65. The van der Waals surface area contributed by atoms with Crippen LogP contribution in [0.4, 0.5) is 0 Å². The van der Waals surface area contributed by atoms with E-state index in [1.54, 1.807) is 0 Å². The molecule has 1 aliphatic carbocycles. The molecule has 4 unspecified atom stereocenters. The first kappa shape index (κ1) is 21.0. The number of carbonyl (C=O) groups is 1. The van der Waals surface area contributed by atoms with Crippen LogP contribution in [0, 0.1) is 11.8 Å². The van der Waals surface area contributed by atoms with Crippen LogP contribution < -0.4 is 11.5 Å². The Balaban J connectivity index is 0.00000200. The predicted molar refractivity (Wildman–Crippen MR) is 92.0 cm³/mol. The molecule has 0 aromatic carbocycles. The summed E-state index contributed by atoms with van der Waals surface area (Å²) < 4.78 is 0. The van der Waals surface area contributed by atoms with Gasteiger partial charge in [0.15, 0.2) is 0 Å². The molecule has 2 aliphatic rings. The minimum Gasteiger partial charge on any atom is -0.339 e. The first-order valence-electron chi connectivity index (χ1n) is 7.89. The lowest BCUT2D eigenvalue weighted by Gasteiger charge is -2.31. The minimum atomic E-state index is 0. The van der Waals surface area contributed by atoms with Crippen LogP contribution in [0.25, 0.3) is 0 Å². The van der Waals surface area contributed by atoms with Crippen molar-refractivity contribution in [3.8, 4) is 0 Å². The molecule has 0 radical (unpaired) electrons. The van der Waals surface area contributed by atoms with Gasteiger partial charge < -0.3 is 16.4 Å². The Kier molecular flexibility index (Phi) is 9.87. The zero-order valence-corrected chi connectivity index (χ0v) is 14.6. The van der Waals surface area contributed by atoms with E-state index >= 15 is 0 Å². The monoisotopic (exact) mass is 339 g/mol. The van der Waals surface area contributed by atoms with E-state index in [-0.39, 0.29) is 42.7 Å². The van der Waals surface area contributed by atoms with E-state index in [0.29, 0.717) is 18.5 Å². The second kappa shape index (κ2) is 9.88. The molecule has 6 heteroatoms. The van der Waals surface area contributed by atoms with E-state index in [4.69, 9.17) is 11.5 Å². The highest BCUT2D eigenvalue weighted by Gasteiger charge is 2.37. The fraction of sp³-hybridized carbons (Fsp3) is 0.933. The van der Waals surface area contributed by atoms with Gasteiger partial charge in [0.05, 0.1) is 5.92 Å². The molecule has 2 rings (SSSR count). The van der Waals surface area contributed by atoms with E-state index in [2.05, 4.69) is 6.92 Å². The molecule has 4 atom stereocenters. The number of nitrogens with two attached hydrogens (primary N) is 2. The normalized spacial score (nSPS) is 33.4. The predicted octanol–water partition coefficient (Wildman–Crippen LogP) is 2.32. The molecule has 21 heavy (non-hydrogen) atoms. The summed E-state index contributed by atoms with van der Waals surface area (Å²) >= 11 is 0. The lowest BCUT2D eigenvalue weighted by Crippen LogP contribution is -2.46. The quantitative estimate of drug-likeness (QED) is 0.810. The van der Waals surface area contributed by atoms with Crippen LogP contribution >= 0.6 is 24.8 Å². The maximum absolute atomic E-state index is 12.8. The summed E-state index contributed by atoms with van der Waals surface area (Å²) in [6, 6.07) is 0.385. The third-order valence-corrected chi connectivity index (χ3v) is 4.91. The van der Waals surface area contributed by atoms with Gasteiger partial charge in [-0.05, 0) is 38.6 Å². The molecule has 1 amide bonds. The Labute approximate surface area is 141 Å². The molecule has 2 fully saturated rings. The zero-order valence-electron chi connectivity index (χ0n) is 13.0. The number of likely N-dealkylation sites (tertiary alicyclic amines) is 1. The first-order valence-corrected chi connectivity index (χ1v) is 7.89. The van der Waals surface area contributed by atoms with Crippen molar-refractivity contribution < 1.29 is 4.79 Å². The van der Waals surface area contributed by atoms with Crippen molar-refractivity contribution in [3.63, 3.8) is 0 Å². The van der Waals surface area contributed by atoms with Crippen LogP contribution in [-0.4, -0.2) is 36.0 Å². The molecule has 4 nitrogen and oxygen atoms in total. The summed E-state index contributed by atoms with van der Waals surface area (Å²) in [6.07, 6.45) is 7.85. The van der Waals surface area contributed by atoms with Gasteiger partial charge in [0, 0.05) is 18.6 Å². The lowest BCUT2D eigenvalue weighted by atomic mass is 9.86. The topological polar surface area (TPSA) is 72.3 Å². The van der Waals surface area contributed by atoms with Crippen LogP contribution in [0.1, 0.15) is 51.9 Å². The van der Waals surface area contributed by atoms with Gasteiger partial charge in [-0.3, -0.25) is 4.79 Å². The maximum atomic E-state index is 12.8. The SMILES string of the molecule is CC1CC(CN)CN1C(=O)C1CCCCCCC1N.Cl.Cl. The summed E-state index contributed by atoms with van der Waals surface area (Å²) in [5.41, 5.74) is 12.0. The number of carbonyl (C=O) groups excluding carboxylic acids is 1. The Bertz CT molecular complexity index is 317. The van der Waals surface area contributed by atoms with Crippen molar-refractivity contribution in [1.29, 1.82) is 0 Å². The Morgan fingerprint density at radius 1 is 1.14 bits per heavy atom. The maximum Gasteiger partial charge on any atom is 0.227 e. The molecular formula is C15H31Cl2N3O. The Morgan fingerprint density at radius 2 is 1.76 bits per heavy atom. The average Bonchev–Trinajstić information content (AvgIpc) is 2.75. The smallest absolute Gasteiger partial charge is 0.227 e. The fourth-order valence-electron chi connectivity index (χ4n) is 3.65. The second-order valence-corrected chi connectivity index (χ2v) is 6.44. The highest BCUT2D eigenvalue weighted by Crippen LogP contribution is 2.28. The van der Waals surface area contributed by atoms with Gasteiger partial charge in [-0.25, -0.2) is 0 Å². The number of hydrogen-bond donors (Lipinski definition) is 2. The van der Waals surface area contributed by atoms with Crippen molar-refractivity contribution in [2.24, 2.45) is 23.3 Å². The van der Waals surface area contributed by atoms with Crippen molar-refractivity contribution in [3.05, 3.63) is 0 Å². The molecule has 1 saturated heterocycles. The summed E-state index contributed by atoms with van der Waals surface area (Å²) in [5, 5.41) is 0. The molecule has 1 heterocycles. The second-order valence-electron chi connectivity index (χ2n) is 6.44. The molecule has 1 aliphatic heterocycles. The van der Waals surface area contributed by atoms with Crippen molar-refractivity contribution in [2.45, 2.75) is 64.0 Å². The van der Waals surface area contributed by atoms with Gasteiger partial charge in [0.1, 0.15) is 0 Å². The van der Waals surface area contributed by atoms with Crippen LogP contribution in [-0.2, 0) is 4.79 Å². The van der Waals surface area contributed by atoms with E-state index in [1.165, 1.54) is 19.3 Å². The molecule has 1 saturated carbocycles. The van der Waals surface area contributed by atoms with Crippen LogP contribution in [0.5, 0.6) is 0 Å². The first-order chi connectivity index (χ1) is 9.13. The molecule has 0 spiro atoms. The average molecular weight is 340 g/mol. The van der Waals surface area contributed by atoms with Crippen LogP contribution in [0.3, 0.4) is 0 Å². The molecule has 0 aromatic heterocycles. The summed E-state index contributed by atoms with van der Waals surface area (Å²) in [5.74, 6) is 0.806. The van der Waals surface area contributed by atoms with Gasteiger partial charge in [-0.1, -0.05) is 25.7 Å². The highest BCUT2D eigenvalue weighted by atomic mass is 35.5. The largest absolute Gasteiger partial charge is 0.339 e. The van der Waals surface area contributed by atoms with Crippen molar-refractivity contribution >= 4 is 30.7 Å².